The smallest absolute Gasteiger partial charge is 0.319 e. The summed E-state index contributed by atoms with van der Waals surface area (Å²) < 4.78 is 0. The van der Waals surface area contributed by atoms with Gasteiger partial charge in [-0.15, -0.1) is 0 Å². The molecule has 4 nitrogen and oxygen atoms in total. The Morgan fingerprint density at radius 3 is 1.92 bits per heavy atom. The Morgan fingerprint density at radius 2 is 1.38 bits per heavy atom. The van der Waals surface area contributed by atoms with E-state index in [1.807, 2.05) is 0 Å². The zero-order valence-electron chi connectivity index (χ0n) is 17.5. The van der Waals surface area contributed by atoms with Crippen LogP contribution >= 0.6 is 0 Å². The van der Waals surface area contributed by atoms with E-state index in [1.165, 1.54) is 64.6 Å². The molecule has 0 saturated carbocycles. The standard InChI is InChI=1S/C22H41N3O/c1-18(2)21-9-16-25(17-10-21)22(26)24-14-7-20(8-15-24)6-13-23-11-4-19(3)5-12-23/h18-21H,4-17H2,1-3H3. The molecule has 3 fully saturated rings. The van der Waals surface area contributed by atoms with Gasteiger partial charge >= 0.3 is 6.03 Å². The van der Waals surface area contributed by atoms with Gasteiger partial charge in [0.25, 0.3) is 0 Å². The molecule has 0 unspecified atom stereocenters. The Hall–Kier alpha value is -0.770. The van der Waals surface area contributed by atoms with Gasteiger partial charge in [-0.1, -0.05) is 20.8 Å². The SMILES string of the molecule is CC1CCN(CCC2CCN(C(=O)N3CCC(C(C)C)CC3)CC2)CC1. The van der Waals surface area contributed by atoms with E-state index in [4.69, 9.17) is 0 Å². The highest BCUT2D eigenvalue weighted by Gasteiger charge is 2.30. The number of nitrogens with zero attached hydrogens (tertiary/aromatic N) is 3. The molecule has 0 spiro atoms. The van der Waals surface area contributed by atoms with Crippen molar-refractivity contribution < 1.29 is 4.79 Å². The first-order chi connectivity index (χ1) is 12.5. The lowest BCUT2D eigenvalue weighted by molar-refractivity contribution is 0.105. The molecule has 0 aromatic heterocycles. The molecule has 150 valence electrons. The van der Waals surface area contributed by atoms with Crippen molar-refractivity contribution in [1.29, 1.82) is 0 Å². The largest absolute Gasteiger partial charge is 0.325 e. The minimum Gasteiger partial charge on any atom is -0.325 e. The molecule has 3 rings (SSSR count). The van der Waals surface area contributed by atoms with Gasteiger partial charge in [-0.05, 0) is 88.3 Å². The Morgan fingerprint density at radius 1 is 0.846 bits per heavy atom. The van der Waals surface area contributed by atoms with E-state index in [2.05, 4.69) is 35.5 Å². The fourth-order valence-electron chi connectivity index (χ4n) is 5.02. The second-order valence-corrected chi connectivity index (χ2v) is 9.59. The summed E-state index contributed by atoms with van der Waals surface area (Å²) in [5, 5.41) is 0. The van der Waals surface area contributed by atoms with E-state index in [0.29, 0.717) is 6.03 Å². The summed E-state index contributed by atoms with van der Waals surface area (Å²) in [6, 6.07) is 0.315. The van der Waals surface area contributed by atoms with Crippen molar-refractivity contribution in [3.63, 3.8) is 0 Å². The van der Waals surface area contributed by atoms with Crippen LogP contribution in [-0.2, 0) is 0 Å². The molecular weight excluding hydrogens is 322 g/mol. The van der Waals surface area contributed by atoms with Crippen molar-refractivity contribution in [2.75, 3.05) is 45.8 Å². The third kappa shape index (κ3) is 5.37. The highest BCUT2D eigenvalue weighted by molar-refractivity contribution is 5.74. The van der Waals surface area contributed by atoms with Crippen molar-refractivity contribution in [2.45, 2.75) is 65.7 Å². The zero-order chi connectivity index (χ0) is 18.5. The number of piperidine rings is 3. The average molecular weight is 364 g/mol. The Bertz CT molecular complexity index is 429. The Balaban J connectivity index is 1.34. The van der Waals surface area contributed by atoms with E-state index in [9.17, 15) is 4.79 Å². The molecule has 4 heteroatoms. The van der Waals surface area contributed by atoms with E-state index < -0.39 is 0 Å². The van der Waals surface area contributed by atoms with Crippen molar-refractivity contribution in [3.05, 3.63) is 0 Å². The van der Waals surface area contributed by atoms with Gasteiger partial charge in [0.1, 0.15) is 0 Å². The zero-order valence-corrected chi connectivity index (χ0v) is 17.5. The number of carbonyl (C=O) groups excluding carboxylic acids is 1. The summed E-state index contributed by atoms with van der Waals surface area (Å²) in [7, 11) is 0. The van der Waals surface area contributed by atoms with Crippen LogP contribution in [0.5, 0.6) is 0 Å². The van der Waals surface area contributed by atoms with Gasteiger partial charge in [0.2, 0.25) is 0 Å². The van der Waals surface area contributed by atoms with Crippen LogP contribution in [0.1, 0.15) is 65.7 Å². The molecule has 2 amide bonds. The lowest BCUT2D eigenvalue weighted by Gasteiger charge is -2.40. The summed E-state index contributed by atoms with van der Waals surface area (Å²) in [5.74, 6) is 3.31. The van der Waals surface area contributed by atoms with Crippen LogP contribution < -0.4 is 0 Å². The first-order valence-electron chi connectivity index (χ1n) is 11.3. The minimum absolute atomic E-state index is 0.315. The van der Waals surface area contributed by atoms with Gasteiger partial charge < -0.3 is 14.7 Å². The normalized spacial score (nSPS) is 25.2. The molecule has 3 aliphatic heterocycles. The molecule has 0 aromatic carbocycles. The lowest BCUT2D eigenvalue weighted by Crippen LogP contribution is -2.49. The third-order valence-corrected chi connectivity index (χ3v) is 7.37. The van der Waals surface area contributed by atoms with E-state index >= 15 is 0 Å². The number of rotatable bonds is 4. The summed E-state index contributed by atoms with van der Waals surface area (Å²) in [5.41, 5.74) is 0. The van der Waals surface area contributed by atoms with Gasteiger partial charge in [-0.2, -0.15) is 0 Å². The highest BCUT2D eigenvalue weighted by atomic mass is 16.2. The van der Waals surface area contributed by atoms with E-state index in [0.717, 1.165) is 49.9 Å². The van der Waals surface area contributed by atoms with Crippen LogP contribution in [-0.4, -0.2) is 66.5 Å². The fourth-order valence-corrected chi connectivity index (χ4v) is 5.02. The summed E-state index contributed by atoms with van der Waals surface area (Å²) in [6.07, 6.45) is 8.87. The number of urea groups is 1. The van der Waals surface area contributed by atoms with Gasteiger partial charge in [0, 0.05) is 26.2 Å². The van der Waals surface area contributed by atoms with Gasteiger partial charge in [0.05, 0.1) is 0 Å². The topological polar surface area (TPSA) is 26.8 Å². The summed E-state index contributed by atoms with van der Waals surface area (Å²) >= 11 is 0. The van der Waals surface area contributed by atoms with Gasteiger partial charge in [-0.3, -0.25) is 0 Å². The predicted molar refractivity (Wildman–Crippen MR) is 108 cm³/mol. The maximum absolute atomic E-state index is 12.8. The van der Waals surface area contributed by atoms with E-state index in [1.54, 1.807) is 0 Å². The Labute approximate surface area is 161 Å². The predicted octanol–water partition coefficient (Wildman–Crippen LogP) is 4.31. The fraction of sp³-hybridized carbons (Fsp3) is 0.955. The second kappa shape index (κ2) is 9.43. The molecule has 0 aromatic rings. The molecule has 0 N–H and O–H groups in total. The van der Waals surface area contributed by atoms with Gasteiger partial charge in [0.15, 0.2) is 0 Å². The van der Waals surface area contributed by atoms with Crippen LogP contribution in [0.2, 0.25) is 0 Å². The molecule has 3 heterocycles. The van der Waals surface area contributed by atoms with Crippen LogP contribution in [0.3, 0.4) is 0 Å². The quantitative estimate of drug-likeness (QED) is 0.744. The number of carbonyl (C=O) groups is 1. The molecule has 0 atom stereocenters. The molecular formula is C22H41N3O. The Kier molecular flexibility index (Phi) is 7.25. The third-order valence-electron chi connectivity index (χ3n) is 7.37. The van der Waals surface area contributed by atoms with Crippen molar-refractivity contribution in [3.8, 4) is 0 Å². The average Bonchev–Trinajstić information content (AvgIpc) is 2.67. The number of hydrogen-bond donors (Lipinski definition) is 0. The van der Waals surface area contributed by atoms with Crippen molar-refractivity contribution >= 4 is 6.03 Å². The molecule has 0 bridgehead atoms. The first kappa shape index (κ1) is 20.0. The summed E-state index contributed by atoms with van der Waals surface area (Å²) in [4.78, 5) is 19.7. The van der Waals surface area contributed by atoms with Crippen molar-refractivity contribution in [2.24, 2.45) is 23.7 Å². The minimum atomic E-state index is 0.315. The van der Waals surface area contributed by atoms with Crippen LogP contribution in [0.4, 0.5) is 4.79 Å². The molecule has 26 heavy (non-hydrogen) atoms. The monoisotopic (exact) mass is 363 g/mol. The maximum Gasteiger partial charge on any atom is 0.319 e. The number of amides is 2. The second-order valence-electron chi connectivity index (χ2n) is 9.59. The summed E-state index contributed by atoms with van der Waals surface area (Å²) in [6.45, 7) is 14.8. The molecule has 0 aliphatic carbocycles. The molecule has 3 saturated heterocycles. The molecule has 0 radical (unpaired) electrons. The van der Waals surface area contributed by atoms with E-state index in [-0.39, 0.29) is 0 Å². The van der Waals surface area contributed by atoms with Crippen LogP contribution in [0, 0.1) is 23.7 Å². The van der Waals surface area contributed by atoms with Crippen LogP contribution in [0.15, 0.2) is 0 Å². The highest BCUT2D eigenvalue weighted by Crippen LogP contribution is 2.27. The van der Waals surface area contributed by atoms with Crippen molar-refractivity contribution in [1.82, 2.24) is 14.7 Å². The number of likely N-dealkylation sites (tertiary alicyclic amines) is 3. The number of hydrogen-bond acceptors (Lipinski definition) is 2. The van der Waals surface area contributed by atoms with Crippen LogP contribution in [0.25, 0.3) is 0 Å². The maximum atomic E-state index is 12.8. The molecule has 3 aliphatic rings. The van der Waals surface area contributed by atoms with Gasteiger partial charge in [-0.25, -0.2) is 4.79 Å². The lowest BCUT2D eigenvalue weighted by atomic mass is 9.87. The first-order valence-corrected chi connectivity index (χ1v) is 11.3.